The Morgan fingerprint density at radius 1 is 1.29 bits per heavy atom. The molecule has 0 saturated heterocycles. The van der Waals surface area contributed by atoms with Crippen LogP contribution >= 0.6 is 0 Å². The van der Waals surface area contributed by atoms with Crippen LogP contribution in [0.25, 0.3) is 0 Å². The maximum atomic E-state index is 4.66. The van der Waals surface area contributed by atoms with Crippen LogP contribution in [0.4, 0.5) is 0 Å². The van der Waals surface area contributed by atoms with Gasteiger partial charge in [-0.3, -0.25) is 4.99 Å². The molecule has 0 saturated carbocycles. The minimum absolute atomic E-state index is 0.0912. The highest BCUT2D eigenvalue weighted by Gasteiger charge is 2.16. The van der Waals surface area contributed by atoms with E-state index in [2.05, 4.69) is 53.1 Å². The fraction of sp³-hybridized carbons (Fsp3) is 0.769. The molecule has 1 nitrogen and oxygen atoms in total. The normalized spacial score (nSPS) is 15.4. The van der Waals surface area contributed by atoms with Crippen molar-refractivity contribution in [2.75, 3.05) is 0 Å². The third-order valence-corrected chi connectivity index (χ3v) is 2.69. The maximum Gasteiger partial charge on any atom is 0.0384 e. The van der Waals surface area contributed by atoms with Gasteiger partial charge in [-0.1, -0.05) is 48.1 Å². The lowest BCUT2D eigenvalue weighted by molar-refractivity contribution is 0.499. The zero-order valence-corrected chi connectivity index (χ0v) is 10.6. The minimum atomic E-state index is 0.0912. The summed E-state index contributed by atoms with van der Waals surface area (Å²) in [7, 11) is 0. The molecule has 0 aromatic carbocycles. The van der Waals surface area contributed by atoms with Gasteiger partial charge < -0.3 is 0 Å². The van der Waals surface area contributed by atoms with Crippen molar-refractivity contribution in [2.45, 2.75) is 54.4 Å². The van der Waals surface area contributed by atoms with Crippen molar-refractivity contribution in [2.24, 2.45) is 16.3 Å². The topological polar surface area (TPSA) is 12.4 Å². The van der Waals surface area contributed by atoms with Gasteiger partial charge in [0.15, 0.2) is 0 Å². The summed E-state index contributed by atoms with van der Waals surface area (Å²) in [5, 5.41) is 0. The van der Waals surface area contributed by atoms with Crippen LogP contribution in [-0.4, -0.2) is 5.71 Å². The largest absolute Gasteiger partial charge is 0.262 e. The number of aliphatic imine (C=N–C) groups is 1. The molecule has 1 atom stereocenters. The van der Waals surface area contributed by atoms with E-state index in [1.54, 1.807) is 0 Å². The second-order valence-corrected chi connectivity index (χ2v) is 4.96. The van der Waals surface area contributed by atoms with Crippen molar-refractivity contribution < 1.29 is 0 Å². The first-order chi connectivity index (χ1) is 6.32. The van der Waals surface area contributed by atoms with Gasteiger partial charge in [-0.15, -0.1) is 0 Å². The van der Waals surface area contributed by atoms with Crippen LogP contribution in [0, 0.1) is 11.3 Å². The third kappa shape index (κ3) is 4.08. The van der Waals surface area contributed by atoms with Crippen LogP contribution in [0.1, 0.15) is 54.4 Å². The summed E-state index contributed by atoms with van der Waals surface area (Å²) in [5.74, 6) is 0.582. The number of nitrogens with zero attached hydrogens (tertiary/aromatic N) is 1. The van der Waals surface area contributed by atoms with Gasteiger partial charge in [0.05, 0.1) is 0 Å². The van der Waals surface area contributed by atoms with E-state index >= 15 is 0 Å². The second-order valence-electron chi connectivity index (χ2n) is 4.96. The van der Waals surface area contributed by atoms with E-state index in [1.807, 2.05) is 0 Å². The van der Waals surface area contributed by atoms with Crippen molar-refractivity contribution in [1.82, 2.24) is 0 Å². The highest BCUT2D eigenvalue weighted by atomic mass is 14.8. The molecule has 0 aliphatic carbocycles. The number of allylic oxidation sites excluding steroid dienone is 1. The molecule has 0 aromatic heterocycles. The van der Waals surface area contributed by atoms with Gasteiger partial charge in [-0.25, -0.2) is 0 Å². The molecule has 0 heterocycles. The van der Waals surface area contributed by atoms with Gasteiger partial charge in [-0.2, -0.15) is 0 Å². The Kier molecular flexibility index (Phi) is 5.11. The predicted molar refractivity (Wildman–Crippen MR) is 65.8 cm³/mol. The van der Waals surface area contributed by atoms with E-state index in [1.165, 1.54) is 5.71 Å². The highest BCUT2D eigenvalue weighted by Crippen LogP contribution is 2.25. The molecule has 0 bridgehead atoms. The van der Waals surface area contributed by atoms with Crippen LogP contribution in [0.15, 0.2) is 17.3 Å². The average Bonchev–Trinajstić information content (AvgIpc) is 2.10. The average molecular weight is 195 g/mol. The first-order valence-corrected chi connectivity index (χ1v) is 5.59. The molecule has 0 aromatic rings. The number of rotatable bonds is 4. The van der Waals surface area contributed by atoms with E-state index in [-0.39, 0.29) is 5.41 Å². The van der Waals surface area contributed by atoms with Gasteiger partial charge >= 0.3 is 0 Å². The zero-order valence-electron chi connectivity index (χ0n) is 10.6. The minimum Gasteiger partial charge on any atom is -0.262 e. The van der Waals surface area contributed by atoms with Gasteiger partial charge in [0.25, 0.3) is 0 Å². The Hall–Kier alpha value is -0.590. The molecule has 1 unspecified atom stereocenters. The Balaban J connectivity index is 4.69. The van der Waals surface area contributed by atoms with Gasteiger partial charge in [0.2, 0.25) is 0 Å². The summed E-state index contributed by atoms with van der Waals surface area (Å²) in [5.41, 5.74) is 2.37. The van der Waals surface area contributed by atoms with Gasteiger partial charge in [0, 0.05) is 16.8 Å². The Morgan fingerprint density at radius 3 is 2.07 bits per heavy atom. The molecule has 0 spiro atoms. The molecule has 0 fully saturated rings. The van der Waals surface area contributed by atoms with E-state index in [9.17, 15) is 0 Å². The lowest BCUT2D eigenvalue weighted by atomic mass is 9.92. The molecule has 0 aliphatic heterocycles. The predicted octanol–water partition coefficient (Wildman–Crippen LogP) is 4.44. The quantitative estimate of drug-likeness (QED) is 0.588. The summed E-state index contributed by atoms with van der Waals surface area (Å²) in [6.45, 7) is 17.1. The molecule has 1 heteroatoms. The van der Waals surface area contributed by atoms with Gasteiger partial charge in [-0.05, 0) is 18.8 Å². The molecular formula is C13H25N. The van der Waals surface area contributed by atoms with Crippen LogP contribution < -0.4 is 0 Å². The van der Waals surface area contributed by atoms with Crippen molar-refractivity contribution in [3.8, 4) is 0 Å². The van der Waals surface area contributed by atoms with Crippen molar-refractivity contribution in [1.29, 1.82) is 0 Å². The smallest absolute Gasteiger partial charge is 0.0384 e. The standard InChI is InChI=1S/C13H25N/c1-8-10(3)12(9-2)14-11(4)13(5,6)7/h10H,4,8-9H2,1-3,5-7H3. The fourth-order valence-electron chi connectivity index (χ4n) is 1.11. The second kappa shape index (κ2) is 5.33. The van der Waals surface area contributed by atoms with Gasteiger partial charge in [0.1, 0.15) is 0 Å². The Bertz CT molecular complexity index is 218. The fourth-order valence-corrected chi connectivity index (χ4v) is 1.11. The highest BCUT2D eigenvalue weighted by molar-refractivity contribution is 5.87. The van der Waals surface area contributed by atoms with Crippen molar-refractivity contribution in [3.63, 3.8) is 0 Å². The maximum absolute atomic E-state index is 4.66. The van der Waals surface area contributed by atoms with E-state index in [0.717, 1.165) is 18.5 Å². The van der Waals surface area contributed by atoms with Crippen molar-refractivity contribution in [3.05, 3.63) is 12.3 Å². The Morgan fingerprint density at radius 2 is 1.79 bits per heavy atom. The van der Waals surface area contributed by atoms with E-state index in [0.29, 0.717) is 5.92 Å². The monoisotopic (exact) mass is 195 g/mol. The van der Waals surface area contributed by atoms with Crippen molar-refractivity contribution >= 4 is 5.71 Å². The molecule has 0 aliphatic rings. The SMILES string of the molecule is C=C(N=C(CC)C(C)CC)C(C)(C)C. The third-order valence-electron chi connectivity index (χ3n) is 2.69. The molecule has 82 valence electrons. The molecular weight excluding hydrogens is 170 g/mol. The molecule has 0 rings (SSSR count). The van der Waals surface area contributed by atoms with E-state index in [4.69, 9.17) is 0 Å². The van der Waals surface area contributed by atoms with Crippen LogP contribution in [0.5, 0.6) is 0 Å². The summed E-state index contributed by atoms with van der Waals surface area (Å²) in [6, 6.07) is 0. The zero-order chi connectivity index (χ0) is 11.4. The number of hydrogen-bond acceptors (Lipinski definition) is 1. The molecule has 0 N–H and O–H groups in total. The molecule has 14 heavy (non-hydrogen) atoms. The van der Waals surface area contributed by atoms with Crippen LogP contribution in [0.3, 0.4) is 0 Å². The number of hydrogen-bond donors (Lipinski definition) is 0. The van der Waals surface area contributed by atoms with E-state index < -0.39 is 0 Å². The van der Waals surface area contributed by atoms with Crippen LogP contribution in [0.2, 0.25) is 0 Å². The molecule has 0 radical (unpaired) electrons. The lowest BCUT2D eigenvalue weighted by Crippen LogP contribution is -2.13. The lowest BCUT2D eigenvalue weighted by Gasteiger charge is -2.20. The first kappa shape index (κ1) is 13.4. The summed E-state index contributed by atoms with van der Waals surface area (Å²) in [4.78, 5) is 4.66. The first-order valence-electron chi connectivity index (χ1n) is 5.59. The summed E-state index contributed by atoms with van der Waals surface area (Å²) < 4.78 is 0. The Labute approximate surface area is 89.3 Å². The van der Waals surface area contributed by atoms with Crippen LogP contribution in [-0.2, 0) is 0 Å². The summed E-state index contributed by atoms with van der Waals surface area (Å²) in [6.07, 6.45) is 2.19. The summed E-state index contributed by atoms with van der Waals surface area (Å²) >= 11 is 0. The molecule has 0 amide bonds.